The number of piperazine rings is 1. The quantitative estimate of drug-likeness (QED) is 0.579. The molecule has 1 atom stereocenters. The molecule has 0 radical (unpaired) electrons. The molecular formula is C11H14N4O3. The highest BCUT2D eigenvalue weighted by molar-refractivity contribution is 5.97. The van der Waals surface area contributed by atoms with Crippen LogP contribution in [0.25, 0.3) is 0 Å². The maximum absolute atomic E-state index is 12.2. The lowest BCUT2D eigenvalue weighted by Crippen LogP contribution is -2.58. The molecule has 0 spiro atoms. The van der Waals surface area contributed by atoms with Gasteiger partial charge < -0.3 is 20.9 Å². The fourth-order valence-corrected chi connectivity index (χ4v) is 1.91. The molecule has 1 fully saturated rings. The number of H-pyrrole nitrogens is 1. The van der Waals surface area contributed by atoms with Crippen LogP contribution in [0.1, 0.15) is 10.4 Å². The lowest BCUT2D eigenvalue weighted by atomic mass is 10.1. The molecule has 1 aromatic heterocycles. The van der Waals surface area contributed by atoms with Crippen LogP contribution in [-0.4, -0.2) is 47.4 Å². The van der Waals surface area contributed by atoms with Gasteiger partial charge in [-0.2, -0.15) is 0 Å². The van der Waals surface area contributed by atoms with Gasteiger partial charge in [0.2, 0.25) is 11.5 Å². The summed E-state index contributed by atoms with van der Waals surface area (Å²) in [5.41, 5.74) is 5.32. The molecule has 0 aromatic carbocycles. The Kier molecular flexibility index (Phi) is 3.42. The largest absolute Gasteiger partial charge is 0.368 e. The van der Waals surface area contributed by atoms with Gasteiger partial charge in [-0.1, -0.05) is 0 Å². The zero-order chi connectivity index (χ0) is 13.1. The monoisotopic (exact) mass is 250 g/mol. The van der Waals surface area contributed by atoms with Crippen molar-refractivity contribution in [3.8, 4) is 0 Å². The van der Waals surface area contributed by atoms with E-state index < -0.39 is 11.9 Å². The first-order chi connectivity index (χ1) is 8.59. The summed E-state index contributed by atoms with van der Waals surface area (Å²) < 4.78 is 0. The second kappa shape index (κ2) is 5.01. The van der Waals surface area contributed by atoms with E-state index in [4.69, 9.17) is 5.73 Å². The third kappa shape index (κ3) is 2.40. The van der Waals surface area contributed by atoms with E-state index in [0.29, 0.717) is 25.2 Å². The van der Waals surface area contributed by atoms with E-state index in [9.17, 15) is 14.4 Å². The van der Waals surface area contributed by atoms with Gasteiger partial charge in [-0.3, -0.25) is 14.4 Å². The van der Waals surface area contributed by atoms with Crippen molar-refractivity contribution >= 4 is 11.8 Å². The predicted molar refractivity (Wildman–Crippen MR) is 64.0 cm³/mol. The van der Waals surface area contributed by atoms with Gasteiger partial charge in [0.15, 0.2) is 0 Å². The Hall–Kier alpha value is -2.15. The molecule has 0 bridgehead atoms. The van der Waals surface area contributed by atoms with Crippen molar-refractivity contribution < 1.29 is 9.59 Å². The van der Waals surface area contributed by atoms with Crippen molar-refractivity contribution in [2.75, 3.05) is 19.6 Å². The molecule has 2 rings (SSSR count). The summed E-state index contributed by atoms with van der Waals surface area (Å²) >= 11 is 0. The summed E-state index contributed by atoms with van der Waals surface area (Å²) in [6, 6.07) is 2.05. The Balaban J connectivity index is 2.23. The van der Waals surface area contributed by atoms with Crippen molar-refractivity contribution in [2.45, 2.75) is 6.04 Å². The van der Waals surface area contributed by atoms with Gasteiger partial charge in [-0.05, 0) is 6.07 Å². The fraction of sp³-hybridized carbons (Fsp3) is 0.364. The van der Waals surface area contributed by atoms with Crippen LogP contribution in [0.5, 0.6) is 0 Å². The summed E-state index contributed by atoms with van der Waals surface area (Å²) in [5.74, 6) is -0.850. The van der Waals surface area contributed by atoms with Gasteiger partial charge in [0, 0.05) is 31.9 Å². The molecule has 4 N–H and O–H groups in total. The van der Waals surface area contributed by atoms with Crippen LogP contribution < -0.4 is 16.6 Å². The first-order valence-corrected chi connectivity index (χ1v) is 5.59. The molecule has 7 nitrogen and oxygen atoms in total. The molecule has 1 unspecified atom stereocenters. The Morgan fingerprint density at radius 3 is 2.78 bits per heavy atom. The lowest BCUT2D eigenvalue weighted by molar-refractivity contribution is -0.122. The minimum atomic E-state index is -0.654. The van der Waals surface area contributed by atoms with E-state index in [1.807, 2.05) is 0 Å². The first kappa shape index (κ1) is 12.3. The number of hydrogen-bond donors (Lipinski definition) is 3. The number of pyridine rings is 1. The molecule has 18 heavy (non-hydrogen) atoms. The topological polar surface area (TPSA) is 108 Å². The van der Waals surface area contributed by atoms with Crippen molar-refractivity contribution in [1.82, 2.24) is 15.2 Å². The van der Waals surface area contributed by atoms with Crippen LogP contribution in [0.15, 0.2) is 23.1 Å². The van der Waals surface area contributed by atoms with Crippen LogP contribution >= 0.6 is 0 Å². The third-order valence-corrected chi connectivity index (χ3v) is 2.86. The number of carbonyl (C=O) groups is 2. The number of nitrogens with two attached hydrogens (primary N) is 1. The summed E-state index contributed by atoms with van der Waals surface area (Å²) in [4.78, 5) is 38.3. The molecule has 0 aliphatic carbocycles. The molecule has 7 heteroatoms. The number of aromatic nitrogens is 1. The van der Waals surface area contributed by atoms with E-state index in [-0.39, 0.29) is 11.5 Å². The fourth-order valence-electron chi connectivity index (χ4n) is 1.91. The summed E-state index contributed by atoms with van der Waals surface area (Å²) in [7, 11) is 0. The van der Waals surface area contributed by atoms with Crippen molar-refractivity contribution in [1.29, 1.82) is 0 Å². The molecule has 2 amide bonds. The average Bonchev–Trinajstić information content (AvgIpc) is 2.39. The SMILES string of the molecule is NC(=O)C1CNCCN1C(=O)c1ccc(=O)[nH]c1. The van der Waals surface area contributed by atoms with Crippen molar-refractivity contribution in [3.05, 3.63) is 34.2 Å². The van der Waals surface area contributed by atoms with E-state index in [1.165, 1.54) is 23.2 Å². The highest BCUT2D eigenvalue weighted by Crippen LogP contribution is 2.08. The Bertz CT molecular complexity index is 505. The standard InChI is InChI=1S/C11H14N4O3/c12-10(17)8-6-13-3-4-15(8)11(18)7-1-2-9(16)14-5-7/h1-2,5,8,13H,3-4,6H2,(H2,12,17)(H,14,16). The van der Waals surface area contributed by atoms with Crippen LogP contribution in [0.2, 0.25) is 0 Å². The second-order valence-electron chi connectivity index (χ2n) is 4.06. The second-order valence-corrected chi connectivity index (χ2v) is 4.06. The maximum Gasteiger partial charge on any atom is 0.256 e. The van der Waals surface area contributed by atoms with Gasteiger partial charge in [-0.15, -0.1) is 0 Å². The maximum atomic E-state index is 12.2. The van der Waals surface area contributed by atoms with E-state index in [0.717, 1.165) is 0 Å². The van der Waals surface area contributed by atoms with Crippen molar-refractivity contribution in [3.63, 3.8) is 0 Å². The minimum absolute atomic E-state index is 0.279. The number of primary amides is 1. The zero-order valence-corrected chi connectivity index (χ0v) is 9.68. The number of nitrogens with zero attached hydrogens (tertiary/aromatic N) is 1. The van der Waals surface area contributed by atoms with Gasteiger partial charge >= 0.3 is 0 Å². The summed E-state index contributed by atoms with van der Waals surface area (Å²) in [5, 5.41) is 3.01. The number of aromatic amines is 1. The molecule has 1 aromatic rings. The van der Waals surface area contributed by atoms with Crippen LogP contribution in [0, 0.1) is 0 Å². The van der Waals surface area contributed by atoms with Crippen LogP contribution in [0.4, 0.5) is 0 Å². The first-order valence-electron chi connectivity index (χ1n) is 5.59. The van der Waals surface area contributed by atoms with Gasteiger partial charge in [-0.25, -0.2) is 0 Å². The zero-order valence-electron chi connectivity index (χ0n) is 9.68. The number of hydrogen-bond acceptors (Lipinski definition) is 4. The molecule has 2 heterocycles. The predicted octanol–water partition coefficient (Wildman–Crippen LogP) is -1.73. The van der Waals surface area contributed by atoms with Gasteiger partial charge in [0.1, 0.15) is 6.04 Å². The molecule has 1 aliphatic rings. The number of nitrogens with one attached hydrogen (secondary N) is 2. The van der Waals surface area contributed by atoms with Crippen LogP contribution in [0.3, 0.4) is 0 Å². The third-order valence-electron chi connectivity index (χ3n) is 2.86. The molecule has 96 valence electrons. The van der Waals surface area contributed by atoms with E-state index in [2.05, 4.69) is 10.3 Å². The number of amides is 2. The molecule has 1 aliphatic heterocycles. The molecule has 1 saturated heterocycles. The van der Waals surface area contributed by atoms with Crippen LogP contribution in [-0.2, 0) is 4.79 Å². The Morgan fingerprint density at radius 2 is 2.17 bits per heavy atom. The van der Waals surface area contributed by atoms with E-state index >= 15 is 0 Å². The summed E-state index contributed by atoms with van der Waals surface area (Å²) in [6.07, 6.45) is 1.34. The number of carbonyl (C=O) groups excluding carboxylic acids is 2. The normalized spacial score (nSPS) is 19.6. The highest BCUT2D eigenvalue weighted by atomic mass is 16.2. The van der Waals surface area contributed by atoms with E-state index in [1.54, 1.807) is 0 Å². The molecular weight excluding hydrogens is 236 g/mol. The molecule has 0 saturated carbocycles. The van der Waals surface area contributed by atoms with Gasteiger partial charge in [0.25, 0.3) is 5.91 Å². The minimum Gasteiger partial charge on any atom is -0.368 e. The lowest BCUT2D eigenvalue weighted by Gasteiger charge is -2.34. The Labute approximate surface area is 103 Å². The Morgan fingerprint density at radius 1 is 1.39 bits per heavy atom. The smallest absolute Gasteiger partial charge is 0.256 e. The average molecular weight is 250 g/mol. The summed E-state index contributed by atoms with van der Waals surface area (Å²) in [6.45, 7) is 1.37. The van der Waals surface area contributed by atoms with Gasteiger partial charge in [0.05, 0.1) is 5.56 Å². The number of rotatable bonds is 2. The van der Waals surface area contributed by atoms with Crippen molar-refractivity contribution in [2.24, 2.45) is 5.73 Å². The highest BCUT2D eigenvalue weighted by Gasteiger charge is 2.31.